The van der Waals surface area contributed by atoms with Crippen LogP contribution in [0.25, 0.3) is 0 Å². The van der Waals surface area contributed by atoms with Crippen LogP contribution in [0, 0.1) is 0 Å². The van der Waals surface area contributed by atoms with Crippen molar-refractivity contribution in [3.63, 3.8) is 0 Å². The van der Waals surface area contributed by atoms with Crippen molar-refractivity contribution in [3.05, 3.63) is 0 Å². The molecule has 0 fully saturated rings. The van der Waals surface area contributed by atoms with E-state index >= 15 is 0 Å². The van der Waals surface area contributed by atoms with E-state index in [9.17, 15) is 4.79 Å². The molecule has 0 bridgehead atoms. The average Bonchev–Trinajstić information content (AvgIpc) is 1.65. The second-order valence-electron chi connectivity index (χ2n) is 0.886. The van der Waals surface area contributed by atoms with Crippen molar-refractivity contribution < 1.29 is 20.5 Å². The Morgan fingerprint density at radius 3 is 2.14 bits per heavy atom. The number of carbonyl (C=O) groups excluding carboxylic acids is 1. The molecule has 0 saturated heterocycles. The smallest absolute Gasteiger partial charge is 0.150 e. The lowest BCUT2D eigenvalue weighted by atomic mass is 10.4. The van der Waals surface area contributed by atoms with Crippen molar-refractivity contribution >= 4 is 6.29 Å². The van der Waals surface area contributed by atoms with Gasteiger partial charge in [-0.15, -0.1) is 0 Å². The number of rotatable bonds is 2. The Labute approximate surface area is 40.7 Å². The number of hydrogen-bond acceptors (Lipinski definition) is 3. The third kappa shape index (κ3) is 5.55. The molecule has 43 valence electrons. The second-order valence-corrected chi connectivity index (χ2v) is 0.886. The van der Waals surface area contributed by atoms with Crippen LogP contribution in [0.5, 0.6) is 0 Å². The van der Waals surface area contributed by atoms with Crippen LogP contribution in [-0.4, -0.2) is 34.7 Å². The van der Waals surface area contributed by atoms with E-state index in [1.54, 1.807) is 0 Å². The van der Waals surface area contributed by atoms with Gasteiger partial charge in [0.1, 0.15) is 6.10 Å². The molecule has 1 atom stereocenters. The molecule has 1 unspecified atom stereocenters. The van der Waals surface area contributed by atoms with Gasteiger partial charge < -0.3 is 15.0 Å². The van der Waals surface area contributed by atoms with E-state index in [0.29, 0.717) is 0 Å². The molecule has 0 aliphatic rings. The Kier molecular flexibility index (Phi) is 7.73. The quantitative estimate of drug-likeness (QED) is 0.370. The summed E-state index contributed by atoms with van der Waals surface area (Å²) in [5, 5.41) is 15.9. The highest BCUT2D eigenvalue weighted by Crippen LogP contribution is 1.66. The third-order valence-electron chi connectivity index (χ3n) is 0.344. The van der Waals surface area contributed by atoms with Crippen LogP contribution < -0.4 is 0 Å². The average molecular weight is 107 g/mol. The molecule has 1 radical (unpaired) electrons. The number of aliphatic hydroxyl groups is 2. The third-order valence-corrected chi connectivity index (χ3v) is 0.344. The maximum atomic E-state index is 9.33. The molecule has 0 amide bonds. The lowest BCUT2D eigenvalue weighted by Crippen LogP contribution is -2.12. The zero-order valence-electron chi connectivity index (χ0n) is 3.61. The minimum absolute atomic E-state index is 0. The normalized spacial score (nSPS) is 11.7. The summed E-state index contributed by atoms with van der Waals surface area (Å²) in [5.41, 5.74) is 0. The predicted octanol–water partition coefficient (Wildman–Crippen LogP) is -1.64. The molecule has 0 heterocycles. The summed E-state index contributed by atoms with van der Waals surface area (Å²) in [6.45, 7) is -0.483. The molecular weight excluding hydrogens is 100 g/mol. The van der Waals surface area contributed by atoms with Crippen LogP contribution in [0.3, 0.4) is 0 Å². The summed E-state index contributed by atoms with van der Waals surface area (Å²) in [6.07, 6.45) is -0.912. The number of carbonyl (C=O) groups is 1. The topological polar surface area (TPSA) is 87.5 Å². The Hall–Kier alpha value is -0.450. The van der Waals surface area contributed by atoms with Crippen molar-refractivity contribution in [1.82, 2.24) is 0 Å². The maximum Gasteiger partial charge on any atom is 0.150 e. The molecule has 0 saturated carbocycles. The SMILES string of the molecule is O=CC(O)CO.[OH]. The first kappa shape index (κ1) is 9.75. The molecule has 4 nitrogen and oxygen atoms in total. The van der Waals surface area contributed by atoms with E-state index in [1.165, 1.54) is 0 Å². The van der Waals surface area contributed by atoms with Gasteiger partial charge >= 0.3 is 0 Å². The highest BCUT2D eigenvalue weighted by atomic mass is 16.3. The van der Waals surface area contributed by atoms with Gasteiger partial charge in [-0.05, 0) is 0 Å². The fourth-order valence-corrected chi connectivity index (χ4v) is 0.0430. The van der Waals surface area contributed by atoms with E-state index in [1.807, 2.05) is 0 Å². The van der Waals surface area contributed by atoms with Crippen molar-refractivity contribution in [1.29, 1.82) is 0 Å². The monoisotopic (exact) mass is 107 g/mol. The summed E-state index contributed by atoms with van der Waals surface area (Å²) in [6, 6.07) is 0. The first-order chi connectivity index (χ1) is 2.81. The van der Waals surface area contributed by atoms with Crippen LogP contribution >= 0.6 is 0 Å². The molecule has 0 spiro atoms. The van der Waals surface area contributed by atoms with Gasteiger partial charge in [0.25, 0.3) is 0 Å². The van der Waals surface area contributed by atoms with Crippen molar-refractivity contribution in [3.8, 4) is 0 Å². The number of aldehydes is 1. The van der Waals surface area contributed by atoms with Gasteiger partial charge in [-0.3, -0.25) is 5.48 Å². The van der Waals surface area contributed by atoms with Gasteiger partial charge in [-0.25, -0.2) is 0 Å². The van der Waals surface area contributed by atoms with E-state index in [0.717, 1.165) is 0 Å². The van der Waals surface area contributed by atoms with Gasteiger partial charge in [0.15, 0.2) is 6.29 Å². The molecule has 3 N–H and O–H groups in total. The van der Waals surface area contributed by atoms with Crippen molar-refractivity contribution in [2.24, 2.45) is 0 Å². The first-order valence-corrected chi connectivity index (χ1v) is 1.55. The standard InChI is InChI=1S/C3H6O3.HO/c4-1-3(6)2-5;/h1,3,5-6H,2H2;1H. The Balaban J connectivity index is 0. The van der Waals surface area contributed by atoms with Crippen LogP contribution in [0.4, 0.5) is 0 Å². The Morgan fingerprint density at radius 1 is 1.71 bits per heavy atom. The largest absolute Gasteiger partial charge is 0.393 e. The lowest BCUT2D eigenvalue weighted by molar-refractivity contribution is -0.116. The minimum Gasteiger partial charge on any atom is -0.393 e. The van der Waals surface area contributed by atoms with E-state index in [4.69, 9.17) is 10.2 Å². The predicted molar refractivity (Wildman–Crippen MR) is 21.1 cm³/mol. The molecule has 0 aromatic rings. The molecule has 4 heteroatoms. The molecule has 0 aliphatic heterocycles. The summed E-state index contributed by atoms with van der Waals surface area (Å²) in [5.74, 6) is 0. The molecule has 0 aromatic carbocycles. The van der Waals surface area contributed by atoms with Crippen molar-refractivity contribution in [2.75, 3.05) is 6.61 Å². The van der Waals surface area contributed by atoms with Gasteiger partial charge in [-0.2, -0.15) is 0 Å². The molecular formula is C3H7O4. The summed E-state index contributed by atoms with van der Waals surface area (Å²) in [4.78, 5) is 9.33. The highest BCUT2D eigenvalue weighted by molar-refractivity contribution is 5.55. The Bertz CT molecular complexity index is 44.2. The number of aliphatic hydroxyl groups excluding tert-OH is 2. The molecule has 0 rings (SSSR count). The highest BCUT2D eigenvalue weighted by Gasteiger charge is 1.92. The van der Waals surface area contributed by atoms with Gasteiger partial charge in [0, 0.05) is 0 Å². The van der Waals surface area contributed by atoms with E-state index in [2.05, 4.69) is 0 Å². The summed E-state index contributed by atoms with van der Waals surface area (Å²) in [7, 11) is 0. The van der Waals surface area contributed by atoms with E-state index < -0.39 is 12.7 Å². The zero-order chi connectivity index (χ0) is 4.99. The van der Waals surface area contributed by atoms with E-state index in [-0.39, 0.29) is 11.8 Å². The minimum atomic E-state index is -1.19. The van der Waals surface area contributed by atoms with Crippen LogP contribution in [0.2, 0.25) is 0 Å². The first-order valence-electron chi connectivity index (χ1n) is 1.55. The molecule has 7 heavy (non-hydrogen) atoms. The summed E-state index contributed by atoms with van der Waals surface area (Å²) >= 11 is 0. The fraction of sp³-hybridized carbons (Fsp3) is 0.667. The van der Waals surface area contributed by atoms with Crippen LogP contribution in [0.15, 0.2) is 0 Å². The van der Waals surface area contributed by atoms with Gasteiger partial charge in [-0.1, -0.05) is 0 Å². The van der Waals surface area contributed by atoms with Gasteiger partial charge in [0.2, 0.25) is 0 Å². The molecule has 0 aliphatic carbocycles. The fourth-order valence-electron chi connectivity index (χ4n) is 0.0430. The van der Waals surface area contributed by atoms with Gasteiger partial charge in [0.05, 0.1) is 6.61 Å². The molecule has 0 aromatic heterocycles. The lowest BCUT2D eigenvalue weighted by Gasteiger charge is -1.89. The zero-order valence-corrected chi connectivity index (χ0v) is 3.61. The summed E-state index contributed by atoms with van der Waals surface area (Å²) < 4.78 is 0. The number of hydrogen-bond donors (Lipinski definition) is 3. The van der Waals surface area contributed by atoms with Crippen LogP contribution in [0.1, 0.15) is 0 Å². The van der Waals surface area contributed by atoms with Crippen molar-refractivity contribution in [2.45, 2.75) is 6.10 Å². The second kappa shape index (κ2) is 5.55. The maximum absolute atomic E-state index is 9.33. The Morgan fingerprint density at radius 2 is 2.14 bits per heavy atom. The van der Waals surface area contributed by atoms with Crippen LogP contribution in [-0.2, 0) is 4.79 Å².